The van der Waals surface area contributed by atoms with Crippen LogP contribution in [0.2, 0.25) is 0 Å². The second-order valence-electron chi connectivity index (χ2n) is 8.90. The molecule has 5 rings (SSSR count). The van der Waals surface area contributed by atoms with Gasteiger partial charge in [-0.05, 0) is 93.8 Å². The van der Waals surface area contributed by atoms with E-state index in [1.807, 2.05) is 110 Å². The molecule has 1 aliphatic rings. The normalized spacial score (nSPS) is 15.2. The largest absolute Gasteiger partial charge is 0.490 e. The molecule has 0 spiro atoms. The summed E-state index contributed by atoms with van der Waals surface area (Å²) in [4.78, 5) is 20.8. The standard InChI is InChI=1S/C32H26Br2N2O3S/c1-2-38-28-18-24(17-27(34)30(28)39-21-23-13-15-25(33)16-14-23)19-29-31(37)36(20-22-9-5-3-6-10-22)32(40-29)35-26-11-7-4-8-12-26/h3-19H,2,20-21H2,1H3/b29-19+,35-32?. The van der Waals surface area contributed by atoms with Crippen molar-refractivity contribution in [3.8, 4) is 11.5 Å². The SMILES string of the molecule is CCOc1cc(/C=C2/SC(=Nc3ccccc3)N(Cc3ccccc3)C2=O)cc(Br)c1OCc1ccc(Br)cc1. The molecule has 0 bridgehead atoms. The van der Waals surface area contributed by atoms with E-state index in [0.29, 0.717) is 41.3 Å². The summed E-state index contributed by atoms with van der Waals surface area (Å²) in [5.41, 5.74) is 3.70. The summed E-state index contributed by atoms with van der Waals surface area (Å²) in [5.74, 6) is 1.14. The number of rotatable bonds is 9. The summed E-state index contributed by atoms with van der Waals surface area (Å²) < 4.78 is 13.9. The predicted octanol–water partition coefficient (Wildman–Crippen LogP) is 8.99. The molecule has 4 aromatic carbocycles. The molecule has 5 nitrogen and oxygen atoms in total. The Balaban J connectivity index is 1.44. The number of ether oxygens (including phenoxy) is 2. The molecule has 4 aromatic rings. The Morgan fingerprint density at radius 1 is 0.875 bits per heavy atom. The summed E-state index contributed by atoms with van der Waals surface area (Å²) in [6.45, 7) is 3.25. The van der Waals surface area contributed by atoms with E-state index < -0.39 is 0 Å². The smallest absolute Gasteiger partial charge is 0.267 e. The summed E-state index contributed by atoms with van der Waals surface area (Å²) in [5, 5.41) is 0.643. The molecule has 0 radical (unpaired) electrons. The zero-order valence-corrected chi connectivity index (χ0v) is 25.7. The van der Waals surface area contributed by atoms with Gasteiger partial charge in [0.1, 0.15) is 6.61 Å². The Kier molecular flexibility index (Phi) is 9.41. The van der Waals surface area contributed by atoms with Crippen LogP contribution in [-0.4, -0.2) is 22.6 Å². The van der Waals surface area contributed by atoms with Gasteiger partial charge in [0, 0.05) is 4.47 Å². The number of hydrogen-bond acceptors (Lipinski definition) is 5. The number of nitrogens with zero attached hydrogens (tertiary/aromatic N) is 2. The van der Waals surface area contributed by atoms with E-state index in [0.717, 1.165) is 31.3 Å². The molecular weight excluding hydrogens is 652 g/mol. The number of amidine groups is 1. The second-order valence-corrected chi connectivity index (χ2v) is 11.7. The van der Waals surface area contributed by atoms with Crippen LogP contribution in [0.1, 0.15) is 23.6 Å². The highest BCUT2D eigenvalue weighted by atomic mass is 79.9. The first-order valence-corrected chi connectivity index (χ1v) is 15.1. The number of carbonyl (C=O) groups is 1. The van der Waals surface area contributed by atoms with Crippen molar-refractivity contribution in [2.45, 2.75) is 20.1 Å². The Bertz CT molecular complexity index is 1540. The lowest BCUT2D eigenvalue weighted by Gasteiger charge is -2.16. The zero-order chi connectivity index (χ0) is 27.9. The highest BCUT2D eigenvalue weighted by molar-refractivity contribution is 9.10. The molecular formula is C32H26Br2N2O3S. The Morgan fingerprint density at radius 3 is 2.27 bits per heavy atom. The van der Waals surface area contributed by atoms with E-state index >= 15 is 0 Å². The van der Waals surface area contributed by atoms with Crippen molar-refractivity contribution in [1.29, 1.82) is 0 Å². The third-order valence-corrected chi connectivity index (χ3v) is 8.10. The van der Waals surface area contributed by atoms with E-state index in [1.165, 1.54) is 11.8 Å². The number of carbonyl (C=O) groups excluding carboxylic acids is 1. The molecule has 1 saturated heterocycles. The van der Waals surface area contributed by atoms with Crippen molar-refractivity contribution in [2.24, 2.45) is 4.99 Å². The average molecular weight is 678 g/mol. The molecule has 40 heavy (non-hydrogen) atoms. The fraction of sp³-hybridized carbons (Fsp3) is 0.125. The van der Waals surface area contributed by atoms with E-state index in [-0.39, 0.29) is 5.91 Å². The van der Waals surface area contributed by atoms with Gasteiger partial charge in [0.25, 0.3) is 5.91 Å². The monoisotopic (exact) mass is 676 g/mol. The zero-order valence-electron chi connectivity index (χ0n) is 21.7. The maximum absolute atomic E-state index is 13.6. The number of hydrogen-bond donors (Lipinski definition) is 0. The third-order valence-electron chi connectivity index (χ3n) is 5.98. The molecule has 8 heteroatoms. The maximum atomic E-state index is 13.6. The first-order chi connectivity index (χ1) is 19.5. The van der Waals surface area contributed by atoms with Gasteiger partial charge >= 0.3 is 0 Å². The lowest BCUT2D eigenvalue weighted by Crippen LogP contribution is -2.28. The van der Waals surface area contributed by atoms with E-state index in [9.17, 15) is 4.79 Å². The van der Waals surface area contributed by atoms with Gasteiger partial charge < -0.3 is 9.47 Å². The summed E-state index contributed by atoms with van der Waals surface area (Å²) >= 11 is 8.50. The molecule has 0 aromatic heterocycles. The van der Waals surface area contributed by atoms with Gasteiger partial charge in [0.15, 0.2) is 16.7 Å². The topological polar surface area (TPSA) is 51.1 Å². The number of benzene rings is 4. The van der Waals surface area contributed by atoms with Crippen molar-refractivity contribution in [3.63, 3.8) is 0 Å². The first kappa shape index (κ1) is 28.2. The lowest BCUT2D eigenvalue weighted by molar-refractivity contribution is -0.122. The van der Waals surface area contributed by atoms with Gasteiger partial charge in [-0.25, -0.2) is 4.99 Å². The number of aliphatic imine (C=N–C) groups is 1. The molecule has 1 fully saturated rings. The van der Waals surface area contributed by atoms with Gasteiger partial charge in [-0.3, -0.25) is 9.69 Å². The molecule has 0 unspecified atom stereocenters. The van der Waals surface area contributed by atoms with Gasteiger partial charge in [-0.1, -0.05) is 76.6 Å². The summed E-state index contributed by atoms with van der Waals surface area (Å²) in [6, 6.07) is 31.4. The lowest BCUT2D eigenvalue weighted by atomic mass is 10.1. The van der Waals surface area contributed by atoms with Gasteiger partial charge in [-0.15, -0.1) is 0 Å². The highest BCUT2D eigenvalue weighted by Gasteiger charge is 2.33. The average Bonchev–Trinajstić information content (AvgIpc) is 3.23. The third kappa shape index (κ3) is 7.05. The molecule has 0 atom stereocenters. The Hall–Kier alpha value is -3.33. The minimum atomic E-state index is -0.0896. The van der Waals surface area contributed by atoms with Gasteiger partial charge in [0.2, 0.25) is 0 Å². The minimum absolute atomic E-state index is 0.0896. The fourth-order valence-electron chi connectivity index (χ4n) is 4.07. The Labute approximate surface area is 255 Å². The minimum Gasteiger partial charge on any atom is -0.490 e. The molecule has 1 aliphatic heterocycles. The van der Waals surface area contributed by atoms with Crippen LogP contribution in [0.25, 0.3) is 6.08 Å². The molecule has 0 saturated carbocycles. The van der Waals surface area contributed by atoms with Crippen LogP contribution in [0.5, 0.6) is 11.5 Å². The molecule has 0 aliphatic carbocycles. The van der Waals surface area contributed by atoms with E-state index in [4.69, 9.17) is 14.5 Å². The van der Waals surface area contributed by atoms with Crippen LogP contribution < -0.4 is 9.47 Å². The van der Waals surface area contributed by atoms with Crippen molar-refractivity contribution in [3.05, 3.63) is 128 Å². The van der Waals surface area contributed by atoms with Crippen LogP contribution >= 0.6 is 43.6 Å². The number of halogens is 2. The van der Waals surface area contributed by atoms with Gasteiger partial charge in [-0.2, -0.15) is 0 Å². The van der Waals surface area contributed by atoms with Crippen molar-refractivity contribution in [1.82, 2.24) is 4.90 Å². The Morgan fingerprint density at radius 2 is 1.57 bits per heavy atom. The van der Waals surface area contributed by atoms with Crippen LogP contribution in [0, 0.1) is 0 Å². The van der Waals surface area contributed by atoms with E-state index in [2.05, 4.69) is 31.9 Å². The van der Waals surface area contributed by atoms with Crippen molar-refractivity contribution >= 4 is 66.5 Å². The van der Waals surface area contributed by atoms with E-state index in [1.54, 1.807) is 4.90 Å². The fourth-order valence-corrected chi connectivity index (χ4v) is 5.91. The van der Waals surface area contributed by atoms with Crippen molar-refractivity contribution < 1.29 is 14.3 Å². The molecule has 202 valence electrons. The first-order valence-electron chi connectivity index (χ1n) is 12.7. The highest BCUT2D eigenvalue weighted by Crippen LogP contribution is 2.40. The van der Waals surface area contributed by atoms with Crippen molar-refractivity contribution in [2.75, 3.05) is 6.61 Å². The van der Waals surface area contributed by atoms with Crippen LogP contribution in [0.15, 0.2) is 116 Å². The summed E-state index contributed by atoms with van der Waals surface area (Å²) in [7, 11) is 0. The maximum Gasteiger partial charge on any atom is 0.267 e. The molecule has 1 heterocycles. The van der Waals surface area contributed by atoms with Crippen LogP contribution in [0.4, 0.5) is 5.69 Å². The summed E-state index contributed by atoms with van der Waals surface area (Å²) in [6.07, 6.45) is 1.88. The second kappa shape index (κ2) is 13.4. The van der Waals surface area contributed by atoms with Gasteiger partial charge in [0.05, 0.1) is 28.2 Å². The van der Waals surface area contributed by atoms with Crippen LogP contribution in [-0.2, 0) is 17.9 Å². The number of thioether (sulfide) groups is 1. The molecule has 0 N–H and O–H groups in total. The van der Waals surface area contributed by atoms with Crippen LogP contribution in [0.3, 0.4) is 0 Å². The molecule has 1 amide bonds. The predicted molar refractivity (Wildman–Crippen MR) is 170 cm³/mol. The number of amides is 1. The number of para-hydroxylation sites is 1. The quantitative estimate of drug-likeness (QED) is 0.166.